The lowest BCUT2D eigenvalue weighted by Gasteiger charge is -2.32. The highest BCUT2D eigenvalue weighted by atomic mass is 16.5. The van der Waals surface area contributed by atoms with Gasteiger partial charge in [-0.15, -0.1) is 0 Å². The molecule has 1 atom stereocenters. The van der Waals surface area contributed by atoms with Crippen molar-refractivity contribution in [2.45, 2.75) is 19.4 Å². The fourth-order valence-corrected chi connectivity index (χ4v) is 4.26. The summed E-state index contributed by atoms with van der Waals surface area (Å²) in [6.07, 6.45) is 1.01. The van der Waals surface area contributed by atoms with Gasteiger partial charge in [-0.05, 0) is 45.6 Å². The topological polar surface area (TPSA) is 102 Å². The Labute approximate surface area is 194 Å². The number of ether oxygens (including phenoxy) is 4. The van der Waals surface area contributed by atoms with Gasteiger partial charge in [0, 0.05) is 30.9 Å². The van der Waals surface area contributed by atoms with Crippen LogP contribution in [0.15, 0.2) is 23.4 Å². The number of likely N-dealkylation sites (N-methyl/N-ethyl adjacent to an activating group) is 1. The number of methoxy groups -OCH3 is 3. The van der Waals surface area contributed by atoms with Crippen LogP contribution in [-0.4, -0.2) is 89.5 Å². The highest BCUT2D eigenvalue weighted by molar-refractivity contribution is 5.95. The zero-order valence-corrected chi connectivity index (χ0v) is 20.0. The van der Waals surface area contributed by atoms with Crippen LogP contribution in [0.5, 0.6) is 17.2 Å². The molecule has 1 fully saturated rings. The van der Waals surface area contributed by atoms with Gasteiger partial charge in [0.2, 0.25) is 5.75 Å². The van der Waals surface area contributed by atoms with Gasteiger partial charge in [-0.3, -0.25) is 4.90 Å². The highest BCUT2D eigenvalue weighted by Crippen LogP contribution is 2.44. The van der Waals surface area contributed by atoms with Crippen LogP contribution in [0.4, 0.5) is 4.79 Å². The van der Waals surface area contributed by atoms with Crippen molar-refractivity contribution in [1.82, 2.24) is 20.4 Å². The molecule has 0 bridgehead atoms. The Bertz CT molecular complexity index is 903. The molecule has 0 aromatic heterocycles. The van der Waals surface area contributed by atoms with E-state index in [1.807, 2.05) is 0 Å². The van der Waals surface area contributed by atoms with Crippen molar-refractivity contribution in [3.63, 3.8) is 0 Å². The molecular weight excluding hydrogens is 428 g/mol. The maximum Gasteiger partial charge on any atom is 0.338 e. The van der Waals surface area contributed by atoms with Gasteiger partial charge in [-0.1, -0.05) is 0 Å². The predicted octanol–water partition coefficient (Wildman–Crippen LogP) is 1.52. The van der Waals surface area contributed by atoms with Gasteiger partial charge in [0.1, 0.15) is 0 Å². The lowest BCUT2D eigenvalue weighted by Crippen LogP contribution is -2.48. The molecule has 182 valence electrons. The Morgan fingerprint density at radius 2 is 1.82 bits per heavy atom. The first-order valence-electron chi connectivity index (χ1n) is 11.1. The van der Waals surface area contributed by atoms with Crippen molar-refractivity contribution in [3.8, 4) is 17.2 Å². The summed E-state index contributed by atoms with van der Waals surface area (Å²) >= 11 is 0. The smallest absolute Gasteiger partial charge is 0.338 e. The molecule has 1 aromatic rings. The van der Waals surface area contributed by atoms with Crippen LogP contribution in [0, 0.1) is 0 Å². The van der Waals surface area contributed by atoms with Gasteiger partial charge < -0.3 is 34.5 Å². The number of carbonyl (C=O) groups is 2. The van der Waals surface area contributed by atoms with Gasteiger partial charge in [0.15, 0.2) is 11.5 Å². The van der Waals surface area contributed by atoms with E-state index in [4.69, 9.17) is 18.9 Å². The first kappa shape index (κ1) is 24.7. The molecule has 0 aliphatic carbocycles. The van der Waals surface area contributed by atoms with E-state index in [-0.39, 0.29) is 6.61 Å². The standard InChI is InChI=1S/C23H34N4O6/c1-6-33-22(28)18-16(14-27-11-7-10-26(2)12-13-27)24-23(29)25-19(18)15-8-9-17(30-3)21(32-5)20(15)31-4/h8-9,19H,6-7,10-14H2,1-5H3,(H2,24,25,29)/t19-/m1/s1. The summed E-state index contributed by atoms with van der Waals surface area (Å²) in [5.74, 6) is 0.745. The van der Waals surface area contributed by atoms with Gasteiger partial charge in [0.25, 0.3) is 0 Å². The molecule has 10 nitrogen and oxygen atoms in total. The van der Waals surface area contributed by atoms with E-state index in [9.17, 15) is 9.59 Å². The number of urea groups is 1. The fourth-order valence-electron chi connectivity index (χ4n) is 4.26. The van der Waals surface area contributed by atoms with Crippen LogP contribution in [0.3, 0.4) is 0 Å². The number of hydrogen-bond acceptors (Lipinski definition) is 8. The van der Waals surface area contributed by atoms with Gasteiger partial charge >= 0.3 is 12.0 Å². The minimum Gasteiger partial charge on any atom is -0.493 e. The molecule has 0 spiro atoms. The number of nitrogens with one attached hydrogen (secondary N) is 2. The van der Waals surface area contributed by atoms with Crippen molar-refractivity contribution in [2.75, 3.05) is 67.7 Å². The average molecular weight is 463 g/mol. The summed E-state index contributed by atoms with van der Waals surface area (Å²) in [4.78, 5) is 30.4. The molecule has 1 saturated heterocycles. The number of nitrogens with zero attached hydrogens (tertiary/aromatic N) is 2. The second-order valence-corrected chi connectivity index (χ2v) is 8.00. The van der Waals surface area contributed by atoms with Crippen molar-refractivity contribution >= 4 is 12.0 Å². The minimum absolute atomic E-state index is 0.216. The number of amides is 2. The van der Waals surface area contributed by atoms with Crippen molar-refractivity contribution in [2.24, 2.45) is 0 Å². The van der Waals surface area contributed by atoms with Crippen LogP contribution in [0.2, 0.25) is 0 Å². The Balaban J connectivity index is 2.08. The molecule has 2 heterocycles. The Morgan fingerprint density at radius 3 is 2.48 bits per heavy atom. The Morgan fingerprint density at radius 1 is 1.06 bits per heavy atom. The molecule has 3 rings (SSSR count). The zero-order valence-electron chi connectivity index (χ0n) is 20.0. The first-order chi connectivity index (χ1) is 15.9. The third kappa shape index (κ3) is 5.51. The number of benzene rings is 1. The fraction of sp³-hybridized carbons (Fsp3) is 0.565. The number of carbonyl (C=O) groups excluding carboxylic acids is 2. The summed E-state index contributed by atoms with van der Waals surface area (Å²) in [6.45, 7) is 6.04. The van der Waals surface area contributed by atoms with Crippen molar-refractivity contribution in [1.29, 1.82) is 0 Å². The zero-order chi connectivity index (χ0) is 24.0. The van der Waals surface area contributed by atoms with E-state index in [1.165, 1.54) is 21.3 Å². The minimum atomic E-state index is -0.780. The molecule has 2 N–H and O–H groups in total. The highest BCUT2D eigenvalue weighted by Gasteiger charge is 2.37. The first-order valence-corrected chi connectivity index (χ1v) is 11.1. The van der Waals surface area contributed by atoms with Crippen LogP contribution >= 0.6 is 0 Å². The SMILES string of the molecule is CCOC(=O)C1=C(CN2CCCN(C)CC2)NC(=O)N[C@@H]1c1ccc(OC)c(OC)c1OC. The summed E-state index contributed by atoms with van der Waals surface area (Å²) < 4.78 is 21.9. The van der Waals surface area contributed by atoms with E-state index < -0.39 is 18.0 Å². The normalized spacial score (nSPS) is 19.9. The number of esters is 1. The lowest BCUT2D eigenvalue weighted by molar-refractivity contribution is -0.139. The van der Waals surface area contributed by atoms with Crippen molar-refractivity contribution < 1.29 is 28.5 Å². The summed E-state index contributed by atoms with van der Waals surface area (Å²) in [5.41, 5.74) is 1.45. The Kier molecular flexibility index (Phi) is 8.40. The van der Waals surface area contributed by atoms with E-state index in [2.05, 4.69) is 27.5 Å². The molecule has 33 heavy (non-hydrogen) atoms. The van der Waals surface area contributed by atoms with E-state index in [1.54, 1.807) is 19.1 Å². The van der Waals surface area contributed by atoms with Crippen LogP contribution in [0.1, 0.15) is 24.9 Å². The second-order valence-electron chi connectivity index (χ2n) is 8.00. The summed E-state index contributed by atoms with van der Waals surface area (Å²) in [6, 6.07) is 2.30. The monoisotopic (exact) mass is 462 g/mol. The predicted molar refractivity (Wildman–Crippen MR) is 123 cm³/mol. The Hall–Kier alpha value is -2.98. The van der Waals surface area contributed by atoms with Crippen LogP contribution in [-0.2, 0) is 9.53 Å². The molecule has 2 aliphatic heterocycles. The molecule has 2 amide bonds. The van der Waals surface area contributed by atoms with Gasteiger partial charge in [-0.2, -0.15) is 0 Å². The third-order valence-corrected chi connectivity index (χ3v) is 5.89. The molecule has 10 heteroatoms. The molecule has 1 aromatic carbocycles. The molecular formula is C23H34N4O6. The number of hydrogen-bond donors (Lipinski definition) is 2. The van der Waals surface area contributed by atoms with Gasteiger partial charge in [-0.25, -0.2) is 9.59 Å². The maximum absolute atomic E-state index is 13.1. The molecule has 0 unspecified atom stereocenters. The van der Waals surface area contributed by atoms with Crippen LogP contribution < -0.4 is 24.8 Å². The van der Waals surface area contributed by atoms with Crippen LogP contribution in [0.25, 0.3) is 0 Å². The summed E-state index contributed by atoms with van der Waals surface area (Å²) in [5, 5.41) is 5.71. The third-order valence-electron chi connectivity index (χ3n) is 5.89. The second kappa shape index (κ2) is 11.2. The lowest BCUT2D eigenvalue weighted by atomic mass is 9.93. The van der Waals surface area contributed by atoms with E-state index in [0.717, 1.165) is 32.6 Å². The molecule has 2 aliphatic rings. The quantitative estimate of drug-likeness (QED) is 0.561. The number of rotatable bonds is 8. The largest absolute Gasteiger partial charge is 0.493 e. The van der Waals surface area contributed by atoms with E-state index >= 15 is 0 Å². The molecule has 0 radical (unpaired) electrons. The van der Waals surface area contributed by atoms with Gasteiger partial charge in [0.05, 0.1) is 39.6 Å². The van der Waals surface area contributed by atoms with Crippen molar-refractivity contribution in [3.05, 3.63) is 29.0 Å². The molecule has 0 saturated carbocycles. The maximum atomic E-state index is 13.1. The van der Waals surface area contributed by atoms with E-state index in [0.29, 0.717) is 40.6 Å². The average Bonchev–Trinajstić information content (AvgIpc) is 3.01. The summed E-state index contributed by atoms with van der Waals surface area (Å²) in [7, 11) is 6.64.